The summed E-state index contributed by atoms with van der Waals surface area (Å²) in [7, 11) is -3.95. The van der Waals surface area contributed by atoms with Gasteiger partial charge >= 0.3 is 11.9 Å². The molecular formula is C13H14O6S. The van der Waals surface area contributed by atoms with E-state index in [1.807, 2.05) is 0 Å². The van der Waals surface area contributed by atoms with Gasteiger partial charge in [-0.15, -0.1) is 0 Å². The molecule has 0 saturated carbocycles. The van der Waals surface area contributed by atoms with E-state index < -0.39 is 45.5 Å². The van der Waals surface area contributed by atoms with Gasteiger partial charge < -0.3 is 9.84 Å². The van der Waals surface area contributed by atoms with Crippen LogP contribution in [0.1, 0.15) is 13.3 Å². The highest BCUT2D eigenvalue weighted by Crippen LogP contribution is 2.33. The van der Waals surface area contributed by atoms with Gasteiger partial charge in [0.25, 0.3) is 0 Å². The Hall–Kier alpha value is -1.89. The van der Waals surface area contributed by atoms with Crippen molar-refractivity contribution in [2.24, 2.45) is 5.92 Å². The molecule has 0 aliphatic carbocycles. The predicted octanol–water partition coefficient (Wildman–Crippen LogP) is 0.865. The van der Waals surface area contributed by atoms with E-state index in [1.165, 1.54) is 19.1 Å². The SMILES string of the molecule is C[C@H]1OC(=O)[C@@H](S(=O)(=O)c2ccccc2)[C@@H]1CC(=O)O. The molecule has 1 aromatic rings. The fourth-order valence-electron chi connectivity index (χ4n) is 2.35. The first-order valence-corrected chi connectivity index (χ1v) is 7.60. The molecule has 20 heavy (non-hydrogen) atoms. The van der Waals surface area contributed by atoms with E-state index in [4.69, 9.17) is 9.84 Å². The molecule has 2 rings (SSSR count). The molecule has 108 valence electrons. The Morgan fingerprint density at radius 3 is 2.45 bits per heavy atom. The normalized spacial score (nSPS) is 26.2. The standard InChI is InChI=1S/C13H14O6S/c1-8-10(7-11(14)15)12(13(16)19-8)20(17,18)9-5-3-2-4-6-9/h2-6,8,10,12H,7H2,1H3,(H,14,15)/t8-,10-,12+/m1/s1. The molecule has 1 aliphatic rings. The van der Waals surface area contributed by atoms with Gasteiger partial charge in [0, 0.05) is 5.92 Å². The van der Waals surface area contributed by atoms with E-state index in [-0.39, 0.29) is 4.90 Å². The Bertz CT molecular complexity index is 622. The van der Waals surface area contributed by atoms with Crippen LogP contribution in [0.25, 0.3) is 0 Å². The number of carboxylic acids is 1. The molecule has 1 N–H and O–H groups in total. The highest BCUT2D eigenvalue weighted by molar-refractivity contribution is 7.92. The van der Waals surface area contributed by atoms with E-state index in [2.05, 4.69) is 0 Å². The van der Waals surface area contributed by atoms with Crippen LogP contribution in [-0.4, -0.2) is 36.8 Å². The minimum absolute atomic E-state index is 0.00793. The molecule has 0 radical (unpaired) electrons. The number of hydrogen-bond donors (Lipinski definition) is 1. The van der Waals surface area contributed by atoms with Crippen molar-refractivity contribution in [3.63, 3.8) is 0 Å². The van der Waals surface area contributed by atoms with Crippen molar-refractivity contribution < 1.29 is 27.9 Å². The summed E-state index contributed by atoms with van der Waals surface area (Å²) < 4.78 is 29.9. The zero-order valence-corrected chi connectivity index (χ0v) is 11.5. The lowest BCUT2D eigenvalue weighted by atomic mass is 9.98. The quantitative estimate of drug-likeness (QED) is 0.828. The van der Waals surface area contributed by atoms with E-state index in [1.54, 1.807) is 18.2 Å². The lowest BCUT2D eigenvalue weighted by Crippen LogP contribution is -2.34. The van der Waals surface area contributed by atoms with Gasteiger partial charge in [-0.2, -0.15) is 0 Å². The molecule has 1 aromatic carbocycles. The molecule has 0 unspecified atom stereocenters. The van der Waals surface area contributed by atoms with Crippen molar-refractivity contribution >= 4 is 21.8 Å². The second-order valence-corrected chi connectivity index (χ2v) is 6.75. The van der Waals surface area contributed by atoms with Gasteiger partial charge in [-0.1, -0.05) is 18.2 Å². The van der Waals surface area contributed by atoms with Gasteiger partial charge in [0.15, 0.2) is 15.1 Å². The summed E-state index contributed by atoms with van der Waals surface area (Å²) in [5.41, 5.74) is 0. The molecule has 7 heteroatoms. The Morgan fingerprint density at radius 1 is 1.30 bits per heavy atom. The zero-order chi connectivity index (χ0) is 14.9. The van der Waals surface area contributed by atoms with Crippen LogP contribution in [0.4, 0.5) is 0 Å². The van der Waals surface area contributed by atoms with Crippen LogP contribution in [-0.2, 0) is 24.2 Å². The molecule has 1 aliphatic heterocycles. The molecule has 0 spiro atoms. The monoisotopic (exact) mass is 298 g/mol. The van der Waals surface area contributed by atoms with Crippen molar-refractivity contribution in [2.45, 2.75) is 29.6 Å². The number of carbonyl (C=O) groups excluding carboxylic acids is 1. The number of benzene rings is 1. The molecule has 6 nitrogen and oxygen atoms in total. The predicted molar refractivity (Wildman–Crippen MR) is 68.7 cm³/mol. The van der Waals surface area contributed by atoms with Crippen molar-refractivity contribution in [3.8, 4) is 0 Å². The Kier molecular flexibility index (Phi) is 3.80. The van der Waals surface area contributed by atoms with Gasteiger partial charge in [0.05, 0.1) is 11.3 Å². The highest BCUT2D eigenvalue weighted by Gasteiger charge is 2.51. The van der Waals surface area contributed by atoms with Gasteiger partial charge in [0.2, 0.25) is 0 Å². The molecular weight excluding hydrogens is 284 g/mol. The lowest BCUT2D eigenvalue weighted by molar-refractivity contribution is -0.142. The van der Waals surface area contributed by atoms with E-state index in [9.17, 15) is 18.0 Å². The Balaban J connectivity index is 2.43. The Morgan fingerprint density at radius 2 is 1.90 bits per heavy atom. The third-order valence-electron chi connectivity index (χ3n) is 3.34. The zero-order valence-electron chi connectivity index (χ0n) is 10.7. The first kappa shape index (κ1) is 14.5. The van der Waals surface area contributed by atoms with Crippen molar-refractivity contribution in [2.75, 3.05) is 0 Å². The molecule has 1 fully saturated rings. The minimum Gasteiger partial charge on any atom is -0.481 e. The largest absolute Gasteiger partial charge is 0.481 e. The maximum absolute atomic E-state index is 12.5. The highest BCUT2D eigenvalue weighted by atomic mass is 32.2. The average molecular weight is 298 g/mol. The summed E-state index contributed by atoms with van der Waals surface area (Å²) in [5.74, 6) is -2.92. The number of hydrogen-bond acceptors (Lipinski definition) is 5. The van der Waals surface area contributed by atoms with Crippen molar-refractivity contribution in [3.05, 3.63) is 30.3 Å². The van der Waals surface area contributed by atoms with Crippen molar-refractivity contribution in [1.29, 1.82) is 0 Å². The van der Waals surface area contributed by atoms with Crippen LogP contribution in [0.15, 0.2) is 35.2 Å². The first-order chi connectivity index (χ1) is 9.34. The van der Waals surface area contributed by atoms with Crippen LogP contribution in [0.2, 0.25) is 0 Å². The van der Waals surface area contributed by atoms with Crippen LogP contribution >= 0.6 is 0 Å². The number of esters is 1. The Labute approximate surface area is 116 Å². The second-order valence-electron chi connectivity index (χ2n) is 4.68. The molecule has 3 atom stereocenters. The fraction of sp³-hybridized carbons (Fsp3) is 0.385. The van der Waals surface area contributed by atoms with E-state index in [0.29, 0.717) is 0 Å². The van der Waals surface area contributed by atoms with Crippen LogP contribution in [0.3, 0.4) is 0 Å². The summed E-state index contributed by atoms with van der Waals surface area (Å²) in [5, 5.41) is 7.41. The van der Waals surface area contributed by atoms with E-state index in [0.717, 1.165) is 0 Å². The summed E-state index contributed by atoms with van der Waals surface area (Å²) >= 11 is 0. The number of carboxylic acid groups (broad SMARTS) is 1. The molecule has 0 amide bonds. The number of aliphatic carboxylic acids is 1. The lowest BCUT2D eigenvalue weighted by Gasteiger charge is -2.16. The first-order valence-electron chi connectivity index (χ1n) is 6.05. The average Bonchev–Trinajstić information content (AvgIpc) is 2.65. The van der Waals surface area contributed by atoms with Gasteiger partial charge in [-0.25, -0.2) is 8.42 Å². The third kappa shape index (κ3) is 2.53. The third-order valence-corrected chi connectivity index (χ3v) is 5.48. The summed E-state index contributed by atoms with van der Waals surface area (Å²) in [6.45, 7) is 1.51. The second kappa shape index (κ2) is 5.24. The maximum atomic E-state index is 12.5. The smallest absolute Gasteiger partial charge is 0.325 e. The summed E-state index contributed by atoms with van der Waals surface area (Å²) in [6, 6.07) is 7.50. The number of sulfone groups is 1. The summed E-state index contributed by atoms with van der Waals surface area (Å²) in [4.78, 5) is 22.6. The van der Waals surface area contributed by atoms with Gasteiger partial charge in [-0.3, -0.25) is 9.59 Å². The molecule has 1 saturated heterocycles. The van der Waals surface area contributed by atoms with Crippen molar-refractivity contribution in [1.82, 2.24) is 0 Å². The van der Waals surface area contributed by atoms with Crippen LogP contribution < -0.4 is 0 Å². The molecule has 1 heterocycles. The molecule has 0 aromatic heterocycles. The van der Waals surface area contributed by atoms with Gasteiger partial charge in [-0.05, 0) is 19.1 Å². The summed E-state index contributed by atoms with van der Waals surface area (Å²) in [6.07, 6.45) is -1.16. The number of ether oxygens (including phenoxy) is 1. The van der Waals surface area contributed by atoms with E-state index >= 15 is 0 Å². The fourth-order valence-corrected chi connectivity index (χ4v) is 4.26. The number of rotatable bonds is 4. The topological polar surface area (TPSA) is 97.7 Å². The minimum atomic E-state index is -3.95. The van der Waals surface area contributed by atoms with Crippen LogP contribution in [0, 0.1) is 5.92 Å². The molecule has 0 bridgehead atoms. The number of carbonyl (C=O) groups is 2. The maximum Gasteiger partial charge on any atom is 0.325 e. The van der Waals surface area contributed by atoms with Crippen LogP contribution in [0.5, 0.6) is 0 Å². The van der Waals surface area contributed by atoms with Gasteiger partial charge in [0.1, 0.15) is 6.10 Å². The number of cyclic esters (lactones) is 1.